The van der Waals surface area contributed by atoms with Crippen LogP contribution in [-0.2, 0) is 19.6 Å². The van der Waals surface area contributed by atoms with Crippen LogP contribution in [0.2, 0.25) is 10.0 Å². The van der Waals surface area contributed by atoms with Gasteiger partial charge in [-0.05, 0) is 37.3 Å². The first-order valence-electron chi connectivity index (χ1n) is 8.83. The number of aromatic nitrogens is 1. The topological polar surface area (TPSA) is 101 Å². The van der Waals surface area contributed by atoms with Crippen molar-refractivity contribution in [3.05, 3.63) is 46.6 Å². The highest BCUT2D eigenvalue weighted by atomic mass is 35.5. The van der Waals surface area contributed by atoms with E-state index in [0.29, 0.717) is 18.9 Å². The van der Waals surface area contributed by atoms with Crippen molar-refractivity contribution in [2.75, 3.05) is 36.5 Å². The Morgan fingerprint density at radius 2 is 1.90 bits per heavy atom. The quantitative estimate of drug-likeness (QED) is 0.689. The number of hydrogen-bond donors (Lipinski definition) is 2. The summed E-state index contributed by atoms with van der Waals surface area (Å²) >= 11 is 11.7. The van der Waals surface area contributed by atoms with Crippen molar-refractivity contribution in [3.8, 4) is 0 Å². The van der Waals surface area contributed by atoms with Gasteiger partial charge in [0.1, 0.15) is 5.82 Å². The van der Waals surface area contributed by atoms with Gasteiger partial charge < -0.3 is 15.0 Å². The van der Waals surface area contributed by atoms with Crippen LogP contribution in [-0.4, -0.2) is 51.7 Å². The van der Waals surface area contributed by atoms with Crippen molar-refractivity contribution >= 4 is 50.6 Å². The first-order valence-corrected chi connectivity index (χ1v) is 11.1. The van der Waals surface area contributed by atoms with E-state index >= 15 is 0 Å². The zero-order chi connectivity index (χ0) is 21.0. The number of halogens is 2. The lowest BCUT2D eigenvalue weighted by Gasteiger charge is -2.27. The number of carbonyl (C=O) groups excluding carboxylic acids is 1. The second-order valence-corrected chi connectivity index (χ2v) is 8.94. The summed E-state index contributed by atoms with van der Waals surface area (Å²) in [5.74, 6) is 0.272. The minimum absolute atomic E-state index is 0.0805. The minimum atomic E-state index is -3.95. The first-order chi connectivity index (χ1) is 13.8. The summed E-state index contributed by atoms with van der Waals surface area (Å²) in [7, 11) is -3.95. The maximum Gasteiger partial charge on any atom is 0.242 e. The average Bonchev–Trinajstić information content (AvgIpc) is 2.71. The number of nitrogens with zero attached hydrogens (tertiary/aromatic N) is 2. The third kappa shape index (κ3) is 5.58. The van der Waals surface area contributed by atoms with Crippen LogP contribution in [0, 0.1) is 0 Å². The Kier molecular flexibility index (Phi) is 6.97. The maximum atomic E-state index is 12.5. The molecule has 156 valence electrons. The minimum Gasteiger partial charge on any atom is -0.378 e. The number of morpholine rings is 1. The first kappa shape index (κ1) is 21.8. The molecule has 8 nitrogen and oxygen atoms in total. The van der Waals surface area contributed by atoms with E-state index in [0.717, 1.165) is 18.9 Å². The van der Waals surface area contributed by atoms with Crippen LogP contribution in [0.1, 0.15) is 6.92 Å². The second-order valence-electron chi connectivity index (χ2n) is 6.41. The molecule has 2 N–H and O–H groups in total. The van der Waals surface area contributed by atoms with Crippen LogP contribution < -0.4 is 14.9 Å². The molecule has 0 aliphatic carbocycles. The smallest absolute Gasteiger partial charge is 0.242 e. The summed E-state index contributed by atoms with van der Waals surface area (Å²) in [6.45, 7) is 4.26. The highest BCUT2D eigenvalue weighted by molar-refractivity contribution is 7.89. The molecule has 1 aromatic heterocycles. The third-order valence-electron chi connectivity index (χ3n) is 4.28. The van der Waals surface area contributed by atoms with E-state index in [1.165, 1.54) is 31.3 Å². The molecule has 1 aromatic carbocycles. The molecule has 2 aromatic rings. The molecule has 0 saturated carbocycles. The number of anilines is 2. The molecule has 0 radical (unpaired) electrons. The highest BCUT2D eigenvalue weighted by Crippen LogP contribution is 2.25. The Morgan fingerprint density at radius 3 is 2.52 bits per heavy atom. The number of rotatable bonds is 6. The molecule has 0 unspecified atom stereocenters. The van der Waals surface area contributed by atoms with E-state index in [1.54, 1.807) is 12.1 Å². The van der Waals surface area contributed by atoms with Crippen molar-refractivity contribution in [3.63, 3.8) is 0 Å². The predicted octanol–water partition coefficient (Wildman–Crippen LogP) is 2.53. The molecule has 1 aliphatic heterocycles. The number of hydrogen-bond acceptors (Lipinski definition) is 6. The lowest BCUT2D eigenvalue weighted by molar-refractivity contribution is -0.117. The number of sulfonamides is 1. The average molecular weight is 459 g/mol. The predicted molar refractivity (Wildman–Crippen MR) is 112 cm³/mol. The van der Waals surface area contributed by atoms with Gasteiger partial charge >= 0.3 is 0 Å². The summed E-state index contributed by atoms with van der Waals surface area (Å²) in [5.41, 5.74) is 0.465. The lowest BCUT2D eigenvalue weighted by atomic mass is 10.3. The Bertz CT molecular complexity index is 980. The number of nitrogens with one attached hydrogen (secondary N) is 2. The van der Waals surface area contributed by atoms with E-state index in [2.05, 4.69) is 19.9 Å². The number of carbonyl (C=O) groups is 1. The van der Waals surface area contributed by atoms with Crippen LogP contribution in [0.15, 0.2) is 41.4 Å². The number of amides is 1. The fraction of sp³-hybridized carbons (Fsp3) is 0.333. The Labute approximate surface area is 179 Å². The van der Waals surface area contributed by atoms with E-state index in [-0.39, 0.29) is 14.9 Å². The zero-order valence-corrected chi connectivity index (χ0v) is 17.9. The summed E-state index contributed by atoms with van der Waals surface area (Å²) in [6.07, 6.45) is 1.53. The van der Waals surface area contributed by atoms with Gasteiger partial charge in [0.15, 0.2) is 0 Å². The van der Waals surface area contributed by atoms with Gasteiger partial charge in [0, 0.05) is 13.1 Å². The molecule has 0 bridgehead atoms. The summed E-state index contributed by atoms with van der Waals surface area (Å²) < 4.78 is 32.6. The molecule has 0 spiro atoms. The number of ether oxygens (including phenoxy) is 1. The van der Waals surface area contributed by atoms with Crippen molar-refractivity contribution in [2.24, 2.45) is 0 Å². The van der Waals surface area contributed by atoms with Gasteiger partial charge in [-0.25, -0.2) is 13.4 Å². The van der Waals surface area contributed by atoms with Gasteiger partial charge in [0.25, 0.3) is 0 Å². The van der Waals surface area contributed by atoms with Crippen LogP contribution in [0.25, 0.3) is 0 Å². The van der Waals surface area contributed by atoms with Crippen molar-refractivity contribution in [1.82, 2.24) is 9.71 Å². The molecule has 11 heteroatoms. The molecule has 1 fully saturated rings. The van der Waals surface area contributed by atoms with Gasteiger partial charge in [-0.1, -0.05) is 23.2 Å². The standard InChI is InChI=1S/C18H20Cl2N4O4S/c1-12(23-29(26,27)14-3-4-15(19)16(20)10-14)18(25)22-13-2-5-17(21-11-13)24-6-8-28-9-7-24/h2-5,10-12,23H,6-9H2,1H3,(H,22,25)/t12-/m1/s1. The number of benzene rings is 1. The molecule has 1 aliphatic rings. The van der Waals surface area contributed by atoms with E-state index in [4.69, 9.17) is 27.9 Å². The zero-order valence-electron chi connectivity index (χ0n) is 15.6. The van der Waals surface area contributed by atoms with Crippen LogP contribution >= 0.6 is 23.2 Å². The van der Waals surface area contributed by atoms with E-state index < -0.39 is 22.0 Å². The fourth-order valence-corrected chi connectivity index (χ4v) is 4.28. The van der Waals surface area contributed by atoms with Crippen LogP contribution in [0.3, 0.4) is 0 Å². The summed E-state index contributed by atoms with van der Waals surface area (Å²) in [5, 5.41) is 3.00. The molecule has 29 heavy (non-hydrogen) atoms. The van der Waals surface area contributed by atoms with Crippen molar-refractivity contribution in [2.45, 2.75) is 17.9 Å². The Hall–Kier alpha value is -1.91. The van der Waals surface area contributed by atoms with Gasteiger partial charge in [-0.15, -0.1) is 0 Å². The van der Waals surface area contributed by atoms with Crippen molar-refractivity contribution in [1.29, 1.82) is 0 Å². The summed E-state index contributed by atoms with van der Waals surface area (Å²) in [4.78, 5) is 18.7. The molecule has 1 saturated heterocycles. The maximum absolute atomic E-state index is 12.5. The monoisotopic (exact) mass is 458 g/mol. The van der Waals surface area contributed by atoms with Gasteiger partial charge in [-0.3, -0.25) is 4.79 Å². The van der Waals surface area contributed by atoms with Gasteiger partial charge in [0.2, 0.25) is 15.9 Å². The molecule has 2 heterocycles. The second kappa shape index (κ2) is 9.27. The van der Waals surface area contributed by atoms with Crippen LogP contribution in [0.4, 0.5) is 11.5 Å². The molecular weight excluding hydrogens is 439 g/mol. The highest BCUT2D eigenvalue weighted by Gasteiger charge is 2.23. The Balaban J connectivity index is 1.61. The Morgan fingerprint density at radius 1 is 1.17 bits per heavy atom. The van der Waals surface area contributed by atoms with E-state index in [1.807, 2.05) is 0 Å². The summed E-state index contributed by atoms with van der Waals surface area (Å²) in [6, 6.07) is 6.42. The molecule has 1 amide bonds. The normalized spacial score (nSPS) is 15.8. The fourth-order valence-electron chi connectivity index (χ4n) is 2.69. The lowest BCUT2D eigenvalue weighted by Crippen LogP contribution is -2.41. The number of pyridine rings is 1. The molecular formula is C18H20Cl2N4O4S. The largest absolute Gasteiger partial charge is 0.378 e. The van der Waals surface area contributed by atoms with Gasteiger partial charge in [0.05, 0.1) is 46.1 Å². The van der Waals surface area contributed by atoms with Gasteiger partial charge in [-0.2, -0.15) is 4.72 Å². The molecule has 1 atom stereocenters. The van der Waals surface area contributed by atoms with Crippen LogP contribution in [0.5, 0.6) is 0 Å². The van der Waals surface area contributed by atoms with Crippen molar-refractivity contribution < 1.29 is 17.9 Å². The SMILES string of the molecule is C[C@@H](NS(=O)(=O)c1ccc(Cl)c(Cl)c1)C(=O)Nc1ccc(N2CCOCC2)nc1. The molecule has 3 rings (SSSR count). The third-order valence-corrected chi connectivity index (χ3v) is 6.55. The van der Waals surface area contributed by atoms with E-state index in [9.17, 15) is 13.2 Å².